The van der Waals surface area contributed by atoms with Gasteiger partial charge in [0, 0.05) is 38.4 Å². The van der Waals surface area contributed by atoms with Crippen LogP contribution in [0.5, 0.6) is 0 Å². The van der Waals surface area contributed by atoms with Crippen molar-refractivity contribution >= 4 is 12.0 Å². The second-order valence-corrected chi connectivity index (χ2v) is 4.96. The quantitative estimate of drug-likeness (QED) is 0.898. The van der Waals surface area contributed by atoms with Gasteiger partial charge in [-0.05, 0) is 25.0 Å². The van der Waals surface area contributed by atoms with Crippen LogP contribution in [0.2, 0.25) is 0 Å². The zero-order valence-electron chi connectivity index (χ0n) is 11.5. The summed E-state index contributed by atoms with van der Waals surface area (Å²) in [5.41, 5.74) is 0.920. The molecule has 1 aliphatic rings. The Balaban J connectivity index is 1.90. The summed E-state index contributed by atoms with van der Waals surface area (Å²) in [7, 11) is 1.70. The molecular weight excluding hydrogens is 258 g/mol. The fourth-order valence-corrected chi connectivity index (χ4v) is 2.40. The van der Waals surface area contributed by atoms with Crippen molar-refractivity contribution in [3.8, 4) is 0 Å². The van der Waals surface area contributed by atoms with Gasteiger partial charge in [-0.3, -0.25) is 4.98 Å². The number of rotatable bonds is 4. The van der Waals surface area contributed by atoms with Gasteiger partial charge in [-0.15, -0.1) is 0 Å². The number of carbonyl (C=O) groups excluding carboxylic acids is 1. The van der Waals surface area contributed by atoms with Crippen molar-refractivity contribution in [1.82, 2.24) is 14.8 Å². The SMILES string of the molecule is CN(CCc1ccccn1)C(=O)N1CCC[C@@H]1C(=O)O. The van der Waals surface area contributed by atoms with Crippen LogP contribution in [0.3, 0.4) is 0 Å². The highest BCUT2D eigenvalue weighted by molar-refractivity contribution is 5.83. The summed E-state index contributed by atoms with van der Waals surface area (Å²) < 4.78 is 0. The molecule has 0 aromatic carbocycles. The van der Waals surface area contributed by atoms with Gasteiger partial charge in [-0.2, -0.15) is 0 Å². The van der Waals surface area contributed by atoms with E-state index in [1.165, 1.54) is 4.90 Å². The Morgan fingerprint density at radius 1 is 1.50 bits per heavy atom. The molecule has 1 aliphatic heterocycles. The molecule has 0 bridgehead atoms. The van der Waals surface area contributed by atoms with E-state index in [2.05, 4.69) is 4.98 Å². The molecule has 1 fully saturated rings. The highest BCUT2D eigenvalue weighted by atomic mass is 16.4. The third-order valence-corrected chi connectivity index (χ3v) is 3.54. The Labute approximate surface area is 118 Å². The van der Waals surface area contributed by atoms with Gasteiger partial charge in [0.15, 0.2) is 0 Å². The maximum atomic E-state index is 12.2. The minimum atomic E-state index is -0.922. The predicted octanol–water partition coefficient (Wildman–Crippen LogP) is 1.22. The highest BCUT2D eigenvalue weighted by Crippen LogP contribution is 2.18. The van der Waals surface area contributed by atoms with E-state index in [4.69, 9.17) is 5.11 Å². The summed E-state index contributed by atoms with van der Waals surface area (Å²) in [5.74, 6) is -0.922. The van der Waals surface area contributed by atoms with Crippen molar-refractivity contribution in [2.75, 3.05) is 20.1 Å². The van der Waals surface area contributed by atoms with Crippen LogP contribution < -0.4 is 0 Å². The molecule has 1 atom stereocenters. The first kappa shape index (κ1) is 14.3. The third-order valence-electron chi connectivity index (χ3n) is 3.54. The summed E-state index contributed by atoms with van der Waals surface area (Å²) in [5, 5.41) is 9.10. The monoisotopic (exact) mass is 277 g/mol. The number of carbonyl (C=O) groups is 2. The molecule has 2 heterocycles. The molecule has 6 nitrogen and oxygen atoms in total. The largest absolute Gasteiger partial charge is 0.480 e. The zero-order chi connectivity index (χ0) is 14.5. The van der Waals surface area contributed by atoms with Gasteiger partial charge in [0.2, 0.25) is 0 Å². The average Bonchev–Trinajstić information content (AvgIpc) is 2.94. The molecule has 1 saturated heterocycles. The van der Waals surface area contributed by atoms with Crippen molar-refractivity contribution in [3.63, 3.8) is 0 Å². The zero-order valence-corrected chi connectivity index (χ0v) is 11.5. The maximum Gasteiger partial charge on any atom is 0.326 e. The van der Waals surface area contributed by atoms with Crippen LogP contribution in [-0.4, -0.2) is 58.1 Å². The molecule has 0 unspecified atom stereocenters. The van der Waals surface area contributed by atoms with E-state index in [9.17, 15) is 9.59 Å². The van der Waals surface area contributed by atoms with Crippen LogP contribution in [0.1, 0.15) is 18.5 Å². The normalized spacial score (nSPS) is 18.1. The minimum absolute atomic E-state index is 0.217. The molecular formula is C14H19N3O3. The fraction of sp³-hybridized carbons (Fsp3) is 0.500. The molecule has 20 heavy (non-hydrogen) atoms. The highest BCUT2D eigenvalue weighted by Gasteiger charge is 2.35. The minimum Gasteiger partial charge on any atom is -0.480 e. The number of carboxylic acids is 1. The van der Waals surface area contributed by atoms with E-state index < -0.39 is 12.0 Å². The molecule has 0 aliphatic carbocycles. The fourth-order valence-electron chi connectivity index (χ4n) is 2.40. The second kappa shape index (κ2) is 6.36. The molecule has 0 radical (unpaired) electrons. The van der Waals surface area contributed by atoms with Crippen molar-refractivity contribution in [1.29, 1.82) is 0 Å². The van der Waals surface area contributed by atoms with Crippen molar-refractivity contribution in [3.05, 3.63) is 30.1 Å². The van der Waals surface area contributed by atoms with Crippen LogP contribution in [0, 0.1) is 0 Å². The van der Waals surface area contributed by atoms with Crippen LogP contribution in [0.4, 0.5) is 4.79 Å². The standard InChI is InChI=1S/C14H19N3O3/c1-16(10-7-11-5-2-3-8-15-11)14(20)17-9-4-6-12(17)13(18)19/h2-3,5,8,12H,4,6-7,9-10H2,1H3,(H,18,19)/t12-/m1/s1. The first-order chi connectivity index (χ1) is 9.59. The molecule has 6 heteroatoms. The first-order valence-electron chi connectivity index (χ1n) is 6.74. The second-order valence-electron chi connectivity index (χ2n) is 4.96. The Kier molecular flexibility index (Phi) is 4.55. The number of hydrogen-bond acceptors (Lipinski definition) is 3. The Hall–Kier alpha value is -2.11. The van der Waals surface area contributed by atoms with E-state index >= 15 is 0 Å². The lowest BCUT2D eigenvalue weighted by atomic mass is 10.2. The lowest BCUT2D eigenvalue weighted by Gasteiger charge is -2.27. The lowest BCUT2D eigenvalue weighted by Crippen LogP contribution is -2.47. The summed E-state index contributed by atoms with van der Waals surface area (Å²) in [6.07, 6.45) is 3.67. The predicted molar refractivity (Wildman–Crippen MR) is 73.3 cm³/mol. The molecule has 0 spiro atoms. The smallest absolute Gasteiger partial charge is 0.326 e. The van der Waals surface area contributed by atoms with Crippen LogP contribution in [0.15, 0.2) is 24.4 Å². The molecule has 1 N–H and O–H groups in total. The van der Waals surface area contributed by atoms with Crippen molar-refractivity contribution < 1.29 is 14.7 Å². The molecule has 1 aromatic rings. The molecule has 2 amide bonds. The van der Waals surface area contributed by atoms with Crippen LogP contribution in [-0.2, 0) is 11.2 Å². The van der Waals surface area contributed by atoms with Gasteiger partial charge in [0.25, 0.3) is 0 Å². The average molecular weight is 277 g/mol. The van der Waals surface area contributed by atoms with Gasteiger partial charge >= 0.3 is 12.0 Å². The Morgan fingerprint density at radius 2 is 2.30 bits per heavy atom. The Morgan fingerprint density at radius 3 is 2.95 bits per heavy atom. The Bertz CT molecular complexity index is 478. The molecule has 2 rings (SSSR count). The van der Waals surface area contributed by atoms with E-state index in [0.717, 1.165) is 12.1 Å². The number of aliphatic carboxylic acids is 1. The number of carboxylic acid groups (broad SMARTS) is 1. The first-order valence-corrected chi connectivity index (χ1v) is 6.74. The lowest BCUT2D eigenvalue weighted by molar-refractivity contribution is -0.141. The topological polar surface area (TPSA) is 73.7 Å². The molecule has 0 saturated carbocycles. The third kappa shape index (κ3) is 3.26. The number of likely N-dealkylation sites (tertiary alicyclic amines) is 1. The summed E-state index contributed by atoms with van der Waals surface area (Å²) >= 11 is 0. The molecule has 1 aromatic heterocycles. The van der Waals surface area contributed by atoms with Crippen LogP contribution in [0.25, 0.3) is 0 Å². The van der Waals surface area contributed by atoms with Crippen molar-refractivity contribution in [2.24, 2.45) is 0 Å². The van der Waals surface area contributed by atoms with Gasteiger partial charge in [0.1, 0.15) is 6.04 Å². The number of nitrogens with zero attached hydrogens (tertiary/aromatic N) is 3. The summed E-state index contributed by atoms with van der Waals surface area (Å²) in [4.78, 5) is 30.6. The summed E-state index contributed by atoms with van der Waals surface area (Å²) in [6.45, 7) is 1.04. The number of urea groups is 1. The molecule has 108 valence electrons. The van der Waals surface area contributed by atoms with Gasteiger partial charge in [0.05, 0.1) is 0 Å². The summed E-state index contributed by atoms with van der Waals surface area (Å²) in [6, 6.07) is 4.77. The maximum absolute atomic E-state index is 12.2. The van der Waals surface area contributed by atoms with Crippen LogP contribution >= 0.6 is 0 Å². The van der Waals surface area contributed by atoms with Gasteiger partial charge < -0.3 is 14.9 Å². The van der Waals surface area contributed by atoms with E-state index in [1.54, 1.807) is 18.1 Å². The number of amides is 2. The van der Waals surface area contributed by atoms with E-state index in [0.29, 0.717) is 25.9 Å². The number of likely N-dealkylation sites (N-methyl/N-ethyl adjacent to an activating group) is 1. The number of aromatic nitrogens is 1. The van der Waals surface area contributed by atoms with Gasteiger partial charge in [-0.1, -0.05) is 6.07 Å². The van der Waals surface area contributed by atoms with Crippen molar-refractivity contribution in [2.45, 2.75) is 25.3 Å². The van der Waals surface area contributed by atoms with Gasteiger partial charge in [-0.25, -0.2) is 9.59 Å². The van der Waals surface area contributed by atoms with E-state index in [-0.39, 0.29) is 6.03 Å². The number of hydrogen-bond donors (Lipinski definition) is 1. The van der Waals surface area contributed by atoms with E-state index in [1.807, 2.05) is 18.2 Å². The number of pyridine rings is 1.